The van der Waals surface area contributed by atoms with Gasteiger partial charge in [0.05, 0.1) is 0 Å². The van der Waals surface area contributed by atoms with Crippen molar-refractivity contribution in [1.29, 1.82) is 0 Å². The van der Waals surface area contributed by atoms with Crippen LogP contribution in [0, 0.1) is 6.92 Å². The highest BCUT2D eigenvalue weighted by atomic mass is 15.0. The van der Waals surface area contributed by atoms with Crippen molar-refractivity contribution in [3.8, 4) is 0 Å². The second-order valence-corrected chi connectivity index (χ2v) is 4.31. The van der Waals surface area contributed by atoms with Crippen molar-refractivity contribution >= 4 is 10.8 Å². The average Bonchev–Trinajstić information content (AvgIpc) is 2.29. The molecule has 0 amide bonds. The molecule has 1 aromatic carbocycles. The summed E-state index contributed by atoms with van der Waals surface area (Å²) < 4.78 is 2.44. The molecule has 0 fully saturated rings. The van der Waals surface area contributed by atoms with Crippen molar-refractivity contribution in [1.82, 2.24) is 0 Å². The van der Waals surface area contributed by atoms with Gasteiger partial charge in [-0.05, 0) is 24.8 Å². The molecular weight excluding hydrogens is 194 g/mol. The number of hydrogen-bond acceptors (Lipinski definition) is 0. The van der Waals surface area contributed by atoms with Crippen LogP contribution in [0.5, 0.6) is 0 Å². The van der Waals surface area contributed by atoms with Gasteiger partial charge in [-0.3, -0.25) is 0 Å². The fourth-order valence-electron chi connectivity index (χ4n) is 2.49. The number of nitrogens with zero attached hydrogens (tertiary/aromatic N) is 1. The number of aryl methyl sites for hydroxylation is 2. The van der Waals surface area contributed by atoms with Crippen molar-refractivity contribution in [2.75, 3.05) is 0 Å². The minimum absolute atomic E-state index is 1.06. The summed E-state index contributed by atoms with van der Waals surface area (Å²) in [7, 11) is 0. The number of hydrogen-bond donors (Lipinski definition) is 0. The second-order valence-electron chi connectivity index (χ2n) is 4.31. The Bertz CT molecular complexity index is 500. The molecule has 0 saturated carbocycles. The van der Waals surface area contributed by atoms with Gasteiger partial charge in [0.2, 0.25) is 0 Å². The highest BCUT2D eigenvalue weighted by Gasteiger charge is 2.15. The van der Waals surface area contributed by atoms with Gasteiger partial charge in [-0.25, -0.2) is 0 Å². The van der Waals surface area contributed by atoms with Gasteiger partial charge < -0.3 is 0 Å². The lowest BCUT2D eigenvalue weighted by atomic mass is 10.0. The van der Waals surface area contributed by atoms with Gasteiger partial charge in [0.25, 0.3) is 0 Å². The zero-order valence-electron chi connectivity index (χ0n) is 10.5. The van der Waals surface area contributed by atoms with Crippen LogP contribution in [0.2, 0.25) is 0 Å². The molecule has 1 heteroatoms. The van der Waals surface area contributed by atoms with Crippen LogP contribution in [0.1, 0.15) is 31.7 Å². The summed E-state index contributed by atoms with van der Waals surface area (Å²) in [6.07, 6.45) is 2.36. The summed E-state index contributed by atoms with van der Waals surface area (Å²) in [5, 5.41) is 2.78. The monoisotopic (exact) mass is 214 g/mol. The Morgan fingerprint density at radius 2 is 1.88 bits per heavy atom. The molecule has 0 spiro atoms. The van der Waals surface area contributed by atoms with E-state index in [1.807, 2.05) is 0 Å². The lowest BCUT2D eigenvalue weighted by Gasteiger charge is -2.08. The van der Waals surface area contributed by atoms with E-state index in [0.29, 0.717) is 0 Å². The van der Waals surface area contributed by atoms with Gasteiger partial charge in [0, 0.05) is 24.8 Å². The predicted molar refractivity (Wildman–Crippen MR) is 68.5 cm³/mol. The van der Waals surface area contributed by atoms with Gasteiger partial charge in [0.15, 0.2) is 11.4 Å². The molecule has 0 aliphatic carbocycles. The van der Waals surface area contributed by atoms with E-state index in [1.165, 1.54) is 28.6 Å². The fraction of sp³-hybridized carbons (Fsp3) is 0.400. The van der Waals surface area contributed by atoms with Gasteiger partial charge in [-0.15, -0.1) is 0 Å². The largest absolute Gasteiger partial charge is 0.200 e. The summed E-state index contributed by atoms with van der Waals surface area (Å²) in [4.78, 5) is 0. The van der Waals surface area contributed by atoms with Crippen molar-refractivity contribution < 1.29 is 4.57 Å². The van der Waals surface area contributed by atoms with E-state index >= 15 is 0 Å². The quantitative estimate of drug-likeness (QED) is 0.689. The molecule has 84 valence electrons. The van der Waals surface area contributed by atoms with Crippen molar-refractivity contribution in [2.45, 2.75) is 40.2 Å². The Labute approximate surface area is 97.7 Å². The Hall–Kier alpha value is -1.37. The number of fused-ring (bicyclic) bond motifs is 1. The average molecular weight is 214 g/mol. The first-order valence-corrected chi connectivity index (χ1v) is 6.19. The Balaban J connectivity index is 2.76. The lowest BCUT2D eigenvalue weighted by Crippen LogP contribution is -2.40. The minimum Gasteiger partial charge on any atom is -0.200 e. The van der Waals surface area contributed by atoms with Gasteiger partial charge >= 0.3 is 0 Å². The lowest BCUT2D eigenvalue weighted by molar-refractivity contribution is -0.705. The SMILES string of the molecule is CCCc1c2ccccc2cc(C)[n+]1CC. The van der Waals surface area contributed by atoms with E-state index in [1.54, 1.807) is 0 Å². The topological polar surface area (TPSA) is 3.88 Å². The molecule has 1 heterocycles. The minimum atomic E-state index is 1.06. The van der Waals surface area contributed by atoms with Gasteiger partial charge in [0.1, 0.15) is 6.54 Å². The molecule has 0 aliphatic heterocycles. The summed E-state index contributed by atoms with van der Waals surface area (Å²) in [5.41, 5.74) is 2.85. The highest BCUT2D eigenvalue weighted by molar-refractivity contribution is 5.83. The first-order valence-electron chi connectivity index (χ1n) is 6.19. The molecule has 2 aromatic rings. The maximum Gasteiger partial charge on any atom is 0.189 e. The standard InChI is InChI=1S/C15H20N/c1-4-8-15-14-10-7-6-9-13(14)11-12(3)16(15)5-2/h6-7,9-11H,4-5,8H2,1-3H3/q+1. The van der Waals surface area contributed by atoms with Crippen LogP contribution in [0.15, 0.2) is 30.3 Å². The third-order valence-electron chi connectivity index (χ3n) is 3.19. The molecule has 16 heavy (non-hydrogen) atoms. The maximum absolute atomic E-state index is 2.44. The summed E-state index contributed by atoms with van der Waals surface area (Å²) in [6, 6.07) is 11.0. The number of pyridine rings is 1. The van der Waals surface area contributed by atoms with E-state index in [-0.39, 0.29) is 0 Å². The predicted octanol–water partition coefficient (Wildman–Crippen LogP) is 3.41. The van der Waals surface area contributed by atoms with E-state index < -0.39 is 0 Å². The molecule has 0 N–H and O–H groups in total. The van der Waals surface area contributed by atoms with Crippen LogP contribution >= 0.6 is 0 Å². The molecule has 0 bridgehead atoms. The molecule has 0 saturated heterocycles. The Morgan fingerprint density at radius 1 is 1.12 bits per heavy atom. The Morgan fingerprint density at radius 3 is 2.56 bits per heavy atom. The van der Waals surface area contributed by atoms with E-state index in [4.69, 9.17) is 0 Å². The molecule has 1 aromatic heterocycles. The molecular formula is C15H20N+. The number of rotatable bonds is 3. The summed E-state index contributed by atoms with van der Waals surface area (Å²) in [6.45, 7) is 7.74. The van der Waals surface area contributed by atoms with Crippen LogP contribution in [-0.2, 0) is 13.0 Å². The number of aromatic nitrogens is 1. The zero-order chi connectivity index (χ0) is 11.5. The molecule has 0 radical (unpaired) electrons. The van der Waals surface area contributed by atoms with Gasteiger partial charge in [-0.1, -0.05) is 25.1 Å². The van der Waals surface area contributed by atoms with Crippen LogP contribution in [0.4, 0.5) is 0 Å². The van der Waals surface area contributed by atoms with Crippen molar-refractivity contribution in [2.24, 2.45) is 0 Å². The first-order chi connectivity index (χ1) is 7.77. The zero-order valence-corrected chi connectivity index (χ0v) is 10.5. The smallest absolute Gasteiger partial charge is 0.189 e. The fourth-order valence-corrected chi connectivity index (χ4v) is 2.49. The second kappa shape index (κ2) is 4.65. The van der Waals surface area contributed by atoms with Crippen molar-refractivity contribution in [3.05, 3.63) is 41.7 Å². The maximum atomic E-state index is 2.44. The van der Waals surface area contributed by atoms with E-state index in [9.17, 15) is 0 Å². The normalized spacial score (nSPS) is 10.9. The van der Waals surface area contributed by atoms with Crippen molar-refractivity contribution in [3.63, 3.8) is 0 Å². The van der Waals surface area contributed by atoms with Crippen LogP contribution in [0.3, 0.4) is 0 Å². The summed E-state index contributed by atoms with van der Waals surface area (Å²) in [5.74, 6) is 0. The highest BCUT2D eigenvalue weighted by Crippen LogP contribution is 2.18. The molecule has 0 unspecified atom stereocenters. The first kappa shape index (κ1) is 11.1. The van der Waals surface area contributed by atoms with Crippen LogP contribution in [-0.4, -0.2) is 0 Å². The van der Waals surface area contributed by atoms with Crippen LogP contribution < -0.4 is 4.57 Å². The van der Waals surface area contributed by atoms with Crippen LogP contribution in [0.25, 0.3) is 10.8 Å². The van der Waals surface area contributed by atoms with E-state index in [2.05, 4.69) is 55.7 Å². The Kier molecular flexibility index (Phi) is 3.23. The summed E-state index contributed by atoms with van der Waals surface area (Å²) >= 11 is 0. The molecule has 1 nitrogen and oxygen atoms in total. The molecule has 0 atom stereocenters. The third kappa shape index (κ3) is 1.82. The molecule has 0 aliphatic rings. The molecule has 2 rings (SSSR count). The number of benzene rings is 1. The van der Waals surface area contributed by atoms with Gasteiger partial charge in [-0.2, -0.15) is 4.57 Å². The van der Waals surface area contributed by atoms with E-state index in [0.717, 1.165) is 13.0 Å². The third-order valence-corrected chi connectivity index (χ3v) is 3.19.